The Kier molecular flexibility index (Phi) is 2.56. The number of aromatic amines is 1. The van der Waals surface area contributed by atoms with Crippen molar-refractivity contribution >= 4 is 0 Å². The van der Waals surface area contributed by atoms with Gasteiger partial charge >= 0.3 is 0 Å². The highest BCUT2D eigenvalue weighted by Crippen LogP contribution is 2.34. The maximum Gasteiger partial charge on any atom is 0.0538 e. The molecule has 0 fully saturated rings. The van der Waals surface area contributed by atoms with Crippen molar-refractivity contribution in [1.82, 2.24) is 15.1 Å². The number of hydrogen-bond acceptors (Lipinski definition) is 3. The molecule has 2 rings (SSSR count). The van der Waals surface area contributed by atoms with Crippen molar-refractivity contribution < 1.29 is 0 Å². The van der Waals surface area contributed by atoms with Crippen molar-refractivity contribution in [2.24, 2.45) is 11.7 Å². The Morgan fingerprint density at radius 1 is 1.64 bits per heavy atom. The van der Waals surface area contributed by atoms with Crippen molar-refractivity contribution in [3.8, 4) is 0 Å². The lowest BCUT2D eigenvalue weighted by atomic mass is 9.84. The van der Waals surface area contributed by atoms with Gasteiger partial charge in [0.05, 0.1) is 6.20 Å². The first-order valence-electron chi connectivity index (χ1n) is 5.11. The van der Waals surface area contributed by atoms with Crippen LogP contribution in [0.5, 0.6) is 0 Å². The molecule has 0 aliphatic heterocycles. The molecule has 0 aromatic carbocycles. The van der Waals surface area contributed by atoms with Gasteiger partial charge in [-0.15, -0.1) is 0 Å². The molecule has 0 saturated heterocycles. The standard InChI is InChI=1S/C10H18N4/c1-14(2)10-4-7(5-11)3-9-8(10)6-12-13-9/h6-7,10H,3-5,11H2,1-2H3,(H,12,13). The lowest BCUT2D eigenvalue weighted by Gasteiger charge is -2.32. The minimum atomic E-state index is 0.478. The van der Waals surface area contributed by atoms with Gasteiger partial charge in [0.15, 0.2) is 0 Å². The van der Waals surface area contributed by atoms with Crippen molar-refractivity contribution in [2.75, 3.05) is 20.6 Å². The van der Waals surface area contributed by atoms with Gasteiger partial charge in [-0.3, -0.25) is 5.10 Å². The van der Waals surface area contributed by atoms with Crippen molar-refractivity contribution in [3.63, 3.8) is 0 Å². The van der Waals surface area contributed by atoms with Gasteiger partial charge in [-0.05, 0) is 39.4 Å². The first-order chi connectivity index (χ1) is 6.72. The number of hydrogen-bond donors (Lipinski definition) is 2. The number of H-pyrrole nitrogens is 1. The summed E-state index contributed by atoms with van der Waals surface area (Å²) in [6.07, 6.45) is 4.15. The number of fused-ring (bicyclic) bond motifs is 1. The Morgan fingerprint density at radius 3 is 3.07 bits per heavy atom. The van der Waals surface area contributed by atoms with E-state index in [0.29, 0.717) is 12.0 Å². The summed E-state index contributed by atoms with van der Waals surface area (Å²) in [6.45, 7) is 0.767. The topological polar surface area (TPSA) is 57.9 Å². The fraction of sp³-hybridized carbons (Fsp3) is 0.700. The molecule has 1 aromatic rings. The van der Waals surface area contributed by atoms with E-state index in [1.54, 1.807) is 0 Å². The van der Waals surface area contributed by atoms with Crippen LogP contribution in [0.2, 0.25) is 0 Å². The molecule has 14 heavy (non-hydrogen) atoms. The minimum Gasteiger partial charge on any atom is -0.330 e. The average Bonchev–Trinajstić information content (AvgIpc) is 2.63. The highest BCUT2D eigenvalue weighted by atomic mass is 15.1. The van der Waals surface area contributed by atoms with E-state index in [-0.39, 0.29) is 0 Å². The van der Waals surface area contributed by atoms with Crippen LogP contribution < -0.4 is 5.73 Å². The Hall–Kier alpha value is -0.870. The number of nitrogens with one attached hydrogen (secondary N) is 1. The Labute approximate surface area is 84.5 Å². The van der Waals surface area contributed by atoms with Crippen LogP contribution in [0, 0.1) is 5.92 Å². The van der Waals surface area contributed by atoms with Crippen molar-refractivity contribution in [3.05, 3.63) is 17.5 Å². The van der Waals surface area contributed by atoms with Crippen LogP contribution >= 0.6 is 0 Å². The summed E-state index contributed by atoms with van der Waals surface area (Å²) in [5.41, 5.74) is 8.35. The first kappa shape index (κ1) is 9.68. The van der Waals surface area contributed by atoms with Gasteiger partial charge < -0.3 is 10.6 Å². The second-order valence-electron chi connectivity index (χ2n) is 4.32. The summed E-state index contributed by atoms with van der Waals surface area (Å²) in [5.74, 6) is 0.593. The van der Waals surface area contributed by atoms with Crippen LogP contribution in [0.25, 0.3) is 0 Å². The second-order valence-corrected chi connectivity index (χ2v) is 4.32. The second kappa shape index (κ2) is 3.71. The van der Waals surface area contributed by atoms with Crippen LogP contribution in [0.1, 0.15) is 23.7 Å². The van der Waals surface area contributed by atoms with E-state index in [1.165, 1.54) is 11.3 Å². The van der Waals surface area contributed by atoms with E-state index < -0.39 is 0 Å². The molecule has 0 saturated carbocycles. The summed E-state index contributed by atoms with van der Waals surface area (Å²) in [4.78, 5) is 2.25. The highest BCUT2D eigenvalue weighted by Gasteiger charge is 2.28. The van der Waals surface area contributed by atoms with Gasteiger partial charge in [0, 0.05) is 17.3 Å². The summed E-state index contributed by atoms with van der Waals surface area (Å²) in [7, 11) is 4.22. The van der Waals surface area contributed by atoms with E-state index in [1.807, 2.05) is 6.20 Å². The molecule has 2 atom stereocenters. The van der Waals surface area contributed by atoms with Gasteiger partial charge in [0.25, 0.3) is 0 Å². The molecule has 1 aliphatic carbocycles. The minimum absolute atomic E-state index is 0.478. The largest absolute Gasteiger partial charge is 0.330 e. The normalized spacial score (nSPS) is 26.6. The molecule has 1 heterocycles. The zero-order chi connectivity index (χ0) is 10.1. The van der Waals surface area contributed by atoms with Gasteiger partial charge in [-0.1, -0.05) is 0 Å². The molecule has 0 spiro atoms. The molecule has 0 amide bonds. The molecule has 4 heteroatoms. The van der Waals surface area contributed by atoms with Crippen molar-refractivity contribution in [2.45, 2.75) is 18.9 Å². The van der Waals surface area contributed by atoms with Crippen LogP contribution in [-0.4, -0.2) is 35.7 Å². The third-order valence-electron chi connectivity index (χ3n) is 3.12. The number of aromatic nitrogens is 2. The van der Waals surface area contributed by atoms with Crippen LogP contribution in [0.4, 0.5) is 0 Å². The molecule has 4 nitrogen and oxygen atoms in total. The Bertz CT molecular complexity index is 305. The third-order valence-corrected chi connectivity index (χ3v) is 3.12. The first-order valence-corrected chi connectivity index (χ1v) is 5.11. The van der Waals surface area contributed by atoms with Crippen LogP contribution in [0.3, 0.4) is 0 Å². The zero-order valence-corrected chi connectivity index (χ0v) is 8.83. The Balaban J connectivity index is 2.27. The molecule has 3 N–H and O–H groups in total. The van der Waals surface area contributed by atoms with Gasteiger partial charge in [-0.2, -0.15) is 5.10 Å². The average molecular weight is 194 g/mol. The lowest BCUT2D eigenvalue weighted by molar-refractivity contribution is 0.232. The van der Waals surface area contributed by atoms with E-state index in [9.17, 15) is 0 Å². The summed E-state index contributed by atoms with van der Waals surface area (Å²) >= 11 is 0. The number of nitrogens with two attached hydrogens (primary N) is 1. The predicted octanol–water partition coefficient (Wildman–Crippen LogP) is 0.534. The van der Waals surface area contributed by atoms with Gasteiger partial charge in [-0.25, -0.2) is 0 Å². The van der Waals surface area contributed by atoms with Gasteiger partial charge in [0.2, 0.25) is 0 Å². The quantitative estimate of drug-likeness (QED) is 0.722. The highest BCUT2D eigenvalue weighted by molar-refractivity contribution is 5.24. The smallest absolute Gasteiger partial charge is 0.0538 e. The molecular formula is C10H18N4. The van der Waals surface area contributed by atoms with E-state index in [2.05, 4.69) is 29.2 Å². The molecule has 0 bridgehead atoms. The number of rotatable bonds is 2. The monoisotopic (exact) mass is 194 g/mol. The molecule has 1 aliphatic rings. The molecule has 2 unspecified atom stereocenters. The van der Waals surface area contributed by atoms with E-state index in [0.717, 1.165) is 19.4 Å². The predicted molar refractivity (Wildman–Crippen MR) is 55.9 cm³/mol. The molecule has 0 radical (unpaired) electrons. The maximum atomic E-state index is 5.74. The van der Waals surface area contributed by atoms with Gasteiger partial charge in [0.1, 0.15) is 0 Å². The Morgan fingerprint density at radius 2 is 2.43 bits per heavy atom. The SMILES string of the molecule is CN(C)C1CC(CN)Cc2[nH]ncc21. The van der Waals surface area contributed by atoms with Crippen LogP contribution in [0.15, 0.2) is 6.20 Å². The zero-order valence-electron chi connectivity index (χ0n) is 8.83. The van der Waals surface area contributed by atoms with Crippen molar-refractivity contribution in [1.29, 1.82) is 0 Å². The third kappa shape index (κ3) is 1.55. The fourth-order valence-electron chi connectivity index (χ4n) is 2.26. The summed E-state index contributed by atoms with van der Waals surface area (Å²) in [5, 5.41) is 7.19. The maximum absolute atomic E-state index is 5.74. The lowest BCUT2D eigenvalue weighted by Crippen LogP contribution is -2.31. The number of nitrogens with zero attached hydrogens (tertiary/aromatic N) is 2. The van der Waals surface area contributed by atoms with E-state index >= 15 is 0 Å². The van der Waals surface area contributed by atoms with E-state index in [4.69, 9.17) is 5.73 Å². The molecular weight excluding hydrogens is 176 g/mol. The summed E-state index contributed by atoms with van der Waals surface area (Å²) in [6, 6.07) is 0.478. The summed E-state index contributed by atoms with van der Waals surface area (Å²) < 4.78 is 0. The molecule has 1 aromatic heterocycles. The molecule has 78 valence electrons. The fourth-order valence-corrected chi connectivity index (χ4v) is 2.26. The van der Waals surface area contributed by atoms with Crippen LogP contribution in [-0.2, 0) is 6.42 Å².